The zero-order valence-electron chi connectivity index (χ0n) is 11.3. The zero-order chi connectivity index (χ0) is 13.5. The Morgan fingerprint density at radius 3 is 2.95 bits per heavy atom. The van der Waals surface area contributed by atoms with Crippen molar-refractivity contribution in [3.8, 4) is 6.07 Å². The number of nitrogens with zero attached hydrogens (tertiary/aromatic N) is 2. The Kier molecular flexibility index (Phi) is 4.77. The quantitative estimate of drug-likeness (QED) is 0.804. The summed E-state index contributed by atoms with van der Waals surface area (Å²) in [6.45, 7) is 4.94. The van der Waals surface area contributed by atoms with Gasteiger partial charge in [0, 0.05) is 25.5 Å². The van der Waals surface area contributed by atoms with Gasteiger partial charge in [0.15, 0.2) is 0 Å². The second-order valence-electron chi connectivity index (χ2n) is 4.68. The van der Waals surface area contributed by atoms with E-state index in [0.717, 1.165) is 37.2 Å². The van der Waals surface area contributed by atoms with Crippen LogP contribution in [0.4, 0.5) is 0 Å². The molecule has 2 rings (SSSR count). The first-order valence-corrected chi connectivity index (χ1v) is 6.66. The van der Waals surface area contributed by atoms with Crippen LogP contribution in [0.2, 0.25) is 0 Å². The average molecular weight is 253 g/mol. The van der Waals surface area contributed by atoms with Gasteiger partial charge in [-0.05, 0) is 42.3 Å². The molecule has 0 unspecified atom stereocenters. The number of benzene rings is 1. The molecule has 0 aliphatic heterocycles. The molecule has 2 aromatic rings. The highest BCUT2D eigenvalue weighted by atomic mass is 14.9. The molecule has 1 N–H and O–H groups in total. The summed E-state index contributed by atoms with van der Waals surface area (Å²) < 4.78 is 2.15. The van der Waals surface area contributed by atoms with Crippen LogP contribution in [0, 0.1) is 11.3 Å². The Morgan fingerprint density at radius 2 is 2.16 bits per heavy atom. The lowest BCUT2D eigenvalue weighted by molar-refractivity contribution is 0.673. The van der Waals surface area contributed by atoms with Crippen molar-refractivity contribution >= 4 is 0 Å². The number of rotatable bonds is 6. The fourth-order valence-electron chi connectivity index (χ4n) is 2.05. The van der Waals surface area contributed by atoms with E-state index in [-0.39, 0.29) is 0 Å². The van der Waals surface area contributed by atoms with Crippen LogP contribution in [-0.2, 0) is 13.1 Å². The van der Waals surface area contributed by atoms with Crippen molar-refractivity contribution in [1.82, 2.24) is 9.88 Å². The van der Waals surface area contributed by atoms with Gasteiger partial charge >= 0.3 is 0 Å². The van der Waals surface area contributed by atoms with E-state index in [0.29, 0.717) is 0 Å². The average Bonchev–Trinajstić information content (AvgIpc) is 2.87. The molecule has 0 amide bonds. The SMILES string of the molecule is CCCNCc1ccn(Cc2cccc(C#N)c2)c1. The molecule has 1 heterocycles. The van der Waals surface area contributed by atoms with Crippen LogP contribution >= 0.6 is 0 Å². The Morgan fingerprint density at radius 1 is 1.26 bits per heavy atom. The molecule has 0 spiro atoms. The second kappa shape index (κ2) is 6.77. The van der Waals surface area contributed by atoms with E-state index in [9.17, 15) is 0 Å². The normalized spacial score (nSPS) is 10.3. The van der Waals surface area contributed by atoms with Gasteiger partial charge in [0.2, 0.25) is 0 Å². The topological polar surface area (TPSA) is 40.8 Å². The van der Waals surface area contributed by atoms with E-state index in [1.54, 1.807) is 0 Å². The number of hydrogen-bond donors (Lipinski definition) is 1. The molecule has 0 aliphatic carbocycles. The minimum absolute atomic E-state index is 0.717. The summed E-state index contributed by atoms with van der Waals surface area (Å²) in [6.07, 6.45) is 5.39. The molecule has 19 heavy (non-hydrogen) atoms. The Hall–Kier alpha value is -2.05. The van der Waals surface area contributed by atoms with Gasteiger partial charge in [-0.3, -0.25) is 0 Å². The summed E-state index contributed by atoms with van der Waals surface area (Å²) in [6, 6.07) is 12.1. The van der Waals surface area contributed by atoms with Crippen LogP contribution in [0.5, 0.6) is 0 Å². The van der Waals surface area contributed by atoms with Crippen LogP contribution in [0.3, 0.4) is 0 Å². The van der Waals surface area contributed by atoms with Crippen molar-refractivity contribution in [3.63, 3.8) is 0 Å². The van der Waals surface area contributed by atoms with E-state index >= 15 is 0 Å². The number of nitrogens with one attached hydrogen (secondary N) is 1. The van der Waals surface area contributed by atoms with Gasteiger partial charge in [-0.2, -0.15) is 5.26 Å². The molecule has 3 nitrogen and oxygen atoms in total. The van der Waals surface area contributed by atoms with E-state index in [4.69, 9.17) is 5.26 Å². The van der Waals surface area contributed by atoms with Gasteiger partial charge in [0.25, 0.3) is 0 Å². The lowest BCUT2D eigenvalue weighted by atomic mass is 10.1. The highest BCUT2D eigenvalue weighted by molar-refractivity contribution is 5.33. The van der Waals surface area contributed by atoms with Crippen molar-refractivity contribution < 1.29 is 0 Å². The predicted octanol–water partition coefficient (Wildman–Crippen LogP) is 2.91. The molecule has 3 heteroatoms. The van der Waals surface area contributed by atoms with Crippen molar-refractivity contribution in [2.24, 2.45) is 0 Å². The first kappa shape index (κ1) is 13.4. The van der Waals surface area contributed by atoms with Crippen LogP contribution in [0.25, 0.3) is 0 Å². The molecule has 0 saturated carbocycles. The molecule has 0 radical (unpaired) electrons. The summed E-state index contributed by atoms with van der Waals surface area (Å²) in [5, 5.41) is 12.3. The predicted molar refractivity (Wildman–Crippen MR) is 76.7 cm³/mol. The summed E-state index contributed by atoms with van der Waals surface area (Å²) >= 11 is 0. The van der Waals surface area contributed by atoms with Gasteiger partial charge in [0.1, 0.15) is 0 Å². The van der Waals surface area contributed by atoms with Crippen molar-refractivity contribution in [3.05, 3.63) is 59.4 Å². The zero-order valence-corrected chi connectivity index (χ0v) is 11.3. The minimum atomic E-state index is 0.717. The lowest BCUT2D eigenvalue weighted by Crippen LogP contribution is -2.13. The number of nitriles is 1. The Labute approximate surface area is 114 Å². The number of aromatic nitrogens is 1. The minimum Gasteiger partial charge on any atom is -0.350 e. The maximum absolute atomic E-state index is 8.89. The van der Waals surface area contributed by atoms with Gasteiger partial charge < -0.3 is 9.88 Å². The van der Waals surface area contributed by atoms with E-state index in [1.807, 2.05) is 18.2 Å². The summed E-state index contributed by atoms with van der Waals surface area (Å²) in [5.74, 6) is 0. The van der Waals surface area contributed by atoms with Gasteiger partial charge in [-0.25, -0.2) is 0 Å². The fraction of sp³-hybridized carbons (Fsp3) is 0.312. The third-order valence-electron chi connectivity index (χ3n) is 2.99. The fourth-order valence-corrected chi connectivity index (χ4v) is 2.05. The lowest BCUT2D eigenvalue weighted by Gasteiger charge is -2.04. The van der Waals surface area contributed by atoms with Crippen LogP contribution in [-0.4, -0.2) is 11.1 Å². The van der Waals surface area contributed by atoms with Crippen molar-refractivity contribution in [2.75, 3.05) is 6.54 Å². The number of hydrogen-bond acceptors (Lipinski definition) is 2. The molecular formula is C16H19N3. The largest absolute Gasteiger partial charge is 0.350 e. The molecular weight excluding hydrogens is 234 g/mol. The molecule has 1 aromatic heterocycles. The highest BCUT2D eigenvalue weighted by Crippen LogP contribution is 2.08. The molecule has 0 bridgehead atoms. The van der Waals surface area contributed by atoms with Crippen LogP contribution in [0.1, 0.15) is 30.0 Å². The third-order valence-corrected chi connectivity index (χ3v) is 2.99. The van der Waals surface area contributed by atoms with Gasteiger partial charge in [-0.15, -0.1) is 0 Å². The Bertz CT molecular complexity index is 563. The van der Waals surface area contributed by atoms with Crippen molar-refractivity contribution in [1.29, 1.82) is 5.26 Å². The van der Waals surface area contributed by atoms with Gasteiger partial charge in [-0.1, -0.05) is 19.1 Å². The molecule has 0 saturated heterocycles. The molecule has 0 atom stereocenters. The summed E-state index contributed by atoms with van der Waals surface area (Å²) in [5.41, 5.74) is 3.17. The highest BCUT2D eigenvalue weighted by Gasteiger charge is 1.99. The standard InChI is InChI=1S/C16H19N3/c1-2-7-18-11-16-6-8-19(13-16)12-15-5-3-4-14(9-15)10-17/h3-6,8-9,13,18H,2,7,11-12H2,1H3. The summed E-state index contributed by atoms with van der Waals surface area (Å²) in [7, 11) is 0. The van der Waals surface area contributed by atoms with E-state index in [2.05, 4.69) is 47.4 Å². The first-order valence-electron chi connectivity index (χ1n) is 6.66. The van der Waals surface area contributed by atoms with Crippen molar-refractivity contribution in [2.45, 2.75) is 26.4 Å². The maximum atomic E-state index is 8.89. The van der Waals surface area contributed by atoms with Crippen LogP contribution in [0.15, 0.2) is 42.7 Å². The molecule has 0 fully saturated rings. The smallest absolute Gasteiger partial charge is 0.0991 e. The Balaban J connectivity index is 1.97. The first-order chi connectivity index (χ1) is 9.31. The van der Waals surface area contributed by atoms with E-state index < -0.39 is 0 Å². The molecule has 1 aromatic carbocycles. The maximum Gasteiger partial charge on any atom is 0.0991 e. The van der Waals surface area contributed by atoms with Gasteiger partial charge in [0.05, 0.1) is 11.6 Å². The monoisotopic (exact) mass is 253 g/mol. The molecule has 0 aliphatic rings. The second-order valence-corrected chi connectivity index (χ2v) is 4.68. The van der Waals surface area contributed by atoms with E-state index in [1.165, 1.54) is 5.56 Å². The molecule has 98 valence electrons. The third kappa shape index (κ3) is 3.97. The summed E-state index contributed by atoms with van der Waals surface area (Å²) in [4.78, 5) is 0. The van der Waals surface area contributed by atoms with Crippen LogP contribution < -0.4 is 5.32 Å².